The van der Waals surface area contributed by atoms with Crippen LogP contribution in [0.2, 0.25) is 0 Å². The Kier molecular flexibility index (Phi) is 8.16. The molecule has 0 aliphatic carbocycles. The number of hydrogen-bond donors (Lipinski definition) is 1. The maximum Gasteiger partial charge on any atom is 0.252 e. The molecule has 0 bridgehead atoms. The molecule has 2 heterocycles. The van der Waals surface area contributed by atoms with Crippen LogP contribution in [-0.4, -0.2) is 44.3 Å². The smallest absolute Gasteiger partial charge is 0.252 e. The van der Waals surface area contributed by atoms with Crippen molar-refractivity contribution in [1.29, 1.82) is 0 Å². The molecule has 5 rings (SSSR count). The van der Waals surface area contributed by atoms with Crippen molar-refractivity contribution in [3.8, 4) is 11.5 Å². The molecule has 0 unspecified atom stereocenters. The quantitative estimate of drug-likeness (QED) is 0.254. The van der Waals surface area contributed by atoms with E-state index in [-0.39, 0.29) is 17.4 Å². The van der Waals surface area contributed by atoms with Gasteiger partial charge in [0.05, 0.1) is 26.8 Å². The Morgan fingerprint density at radius 2 is 1.62 bits per heavy atom. The molecule has 10 heteroatoms. The first-order chi connectivity index (χ1) is 19.5. The minimum absolute atomic E-state index is 0.172. The summed E-state index contributed by atoms with van der Waals surface area (Å²) < 4.78 is 26.1. The molecular formula is C30H31FN6O3. The highest BCUT2D eigenvalue weighted by Gasteiger charge is 2.26. The number of aromatic nitrogens is 5. The highest BCUT2D eigenvalue weighted by atomic mass is 19.1. The number of ether oxygens (including phenoxy) is 2. The van der Waals surface area contributed by atoms with Gasteiger partial charge in [0, 0.05) is 29.6 Å². The number of halogens is 1. The van der Waals surface area contributed by atoms with E-state index < -0.39 is 0 Å². The Labute approximate surface area is 231 Å². The van der Waals surface area contributed by atoms with Crippen LogP contribution in [0, 0.1) is 5.82 Å². The third-order valence-corrected chi connectivity index (χ3v) is 6.98. The maximum absolute atomic E-state index is 13.7. The number of nitrogens with zero attached hydrogens (tertiary/aromatic N) is 5. The minimum atomic E-state index is -0.300. The van der Waals surface area contributed by atoms with Crippen LogP contribution in [0.4, 0.5) is 4.39 Å². The van der Waals surface area contributed by atoms with Gasteiger partial charge in [-0.2, -0.15) is 0 Å². The van der Waals surface area contributed by atoms with Gasteiger partial charge in [0.1, 0.15) is 17.3 Å². The van der Waals surface area contributed by atoms with Crippen LogP contribution in [0.3, 0.4) is 0 Å². The molecule has 0 spiro atoms. The van der Waals surface area contributed by atoms with Gasteiger partial charge < -0.3 is 14.5 Å². The number of rotatable bonds is 11. The highest BCUT2D eigenvalue weighted by molar-refractivity contribution is 5.80. The lowest BCUT2D eigenvalue weighted by molar-refractivity contribution is 0.161. The van der Waals surface area contributed by atoms with Gasteiger partial charge in [-0.15, -0.1) is 5.10 Å². The lowest BCUT2D eigenvalue weighted by atomic mass is 10.1. The first-order valence-electron chi connectivity index (χ1n) is 13.0. The van der Waals surface area contributed by atoms with E-state index in [1.54, 1.807) is 31.0 Å². The zero-order valence-electron chi connectivity index (χ0n) is 22.7. The molecular weight excluding hydrogens is 511 g/mol. The summed E-state index contributed by atoms with van der Waals surface area (Å²) in [5, 5.41) is 13.5. The number of benzene rings is 3. The van der Waals surface area contributed by atoms with E-state index in [1.807, 2.05) is 48.5 Å². The minimum Gasteiger partial charge on any atom is -0.497 e. The van der Waals surface area contributed by atoms with Crippen molar-refractivity contribution in [2.75, 3.05) is 14.2 Å². The van der Waals surface area contributed by atoms with Gasteiger partial charge >= 0.3 is 0 Å². The van der Waals surface area contributed by atoms with Crippen LogP contribution in [-0.2, 0) is 19.6 Å². The van der Waals surface area contributed by atoms with E-state index in [9.17, 15) is 9.18 Å². The van der Waals surface area contributed by atoms with Crippen LogP contribution in [0.1, 0.15) is 41.9 Å². The lowest BCUT2D eigenvalue weighted by Gasteiger charge is -2.30. The second kappa shape index (κ2) is 12.1. The molecule has 0 radical (unpaired) electrons. The average molecular weight is 543 g/mol. The van der Waals surface area contributed by atoms with E-state index in [4.69, 9.17) is 9.47 Å². The van der Waals surface area contributed by atoms with Gasteiger partial charge in [0.15, 0.2) is 5.82 Å². The van der Waals surface area contributed by atoms with E-state index in [2.05, 4.69) is 32.3 Å². The fourth-order valence-electron chi connectivity index (χ4n) is 4.86. The predicted octanol–water partition coefficient (Wildman–Crippen LogP) is 4.87. The number of tetrazole rings is 1. The predicted molar refractivity (Wildman–Crippen MR) is 150 cm³/mol. The number of aromatic amines is 1. The Morgan fingerprint density at radius 1 is 0.925 bits per heavy atom. The molecule has 3 aromatic carbocycles. The van der Waals surface area contributed by atoms with Crippen molar-refractivity contribution < 1.29 is 13.9 Å². The molecule has 5 aromatic rings. The van der Waals surface area contributed by atoms with Crippen LogP contribution in [0.25, 0.3) is 10.9 Å². The third kappa shape index (κ3) is 6.02. The first kappa shape index (κ1) is 27.0. The number of hydrogen-bond acceptors (Lipinski definition) is 7. The zero-order chi connectivity index (χ0) is 28.1. The second-order valence-electron chi connectivity index (χ2n) is 9.58. The van der Waals surface area contributed by atoms with Gasteiger partial charge in [-0.1, -0.05) is 31.2 Å². The molecule has 0 saturated heterocycles. The van der Waals surface area contributed by atoms with Crippen molar-refractivity contribution in [2.45, 2.75) is 39.0 Å². The fraction of sp³-hybridized carbons (Fsp3) is 0.267. The standard InChI is InChI=1S/C30H31FN6O3/c1-4-28(29-33-34-35-37(29)18-21-7-11-25(39-2)12-8-21)36(17-20-5-9-24(31)10-6-20)19-23-15-22-16-26(40-3)13-14-27(22)32-30(23)38/h5-16,28H,4,17-19H2,1-3H3,(H,32,38)/t28-/m0/s1. The lowest BCUT2D eigenvalue weighted by Crippen LogP contribution is -2.32. The molecule has 0 aliphatic rings. The van der Waals surface area contributed by atoms with Crippen molar-refractivity contribution in [3.63, 3.8) is 0 Å². The summed E-state index contributed by atoms with van der Waals surface area (Å²) in [5.74, 6) is 1.86. The Balaban J connectivity index is 1.50. The second-order valence-corrected chi connectivity index (χ2v) is 9.58. The average Bonchev–Trinajstić information content (AvgIpc) is 3.42. The zero-order valence-corrected chi connectivity index (χ0v) is 22.7. The van der Waals surface area contributed by atoms with Crippen LogP contribution >= 0.6 is 0 Å². The van der Waals surface area contributed by atoms with E-state index >= 15 is 0 Å². The Morgan fingerprint density at radius 3 is 2.33 bits per heavy atom. The number of methoxy groups -OCH3 is 2. The summed E-state index contributed by atoms with van der Waals surface area (Å²) in [5.41, 5.74) is 3.09. The molecule has 0 saturated carbocycles. The summed E-state index contributed by atoms with van der Waals surface area (Å²) in [4.78, 5) is 18.3. The van der Waals surface area contributed by atoms with Gasteiger partial charge in [-0.25, -0.2) is 9.07 Å². The number of nitrogens with one attached hydrogen (secondary N) is 1. The summed E-state index contributed by atoms with van der Waals surface area (Å²) >= 11 is 0. The molecule has 9 nitrogen and oxygen atoms in total. The third-order valence-electron chi connectivity index (χ3n) is 6.98. The SMILES string of the molecule is CC[C@@H](c1nnnn1Cc1ccc(OC)cc1)N(Cc1ccc(F)cc1)Cc1cc2cc(OC)ccc2[nH]c1=O. The van der Waals surface area contributed by atoms with Gasteiger partial charge in [0.2, 0.25) is 0 Å². The fourth-order valence-corrected chi connectivity index (χ4v) is 4.86. The number of pyridine rings is 1. The highest BCUT2D eigenvalue weighted by Crippen LogP contribution is 2.28. The summed E-state index contributed by atoms with van der Waals surface area (Å²) in [6, 6.07) is 21.4. The molecule has 1 atom stereocenters. The van der Waals surface area contributed by atoms with Crippen LogP contribution in [0.15, 0.2) is 77.6 Å². The van der Waals surface area contributed by atoms with Gasteiger partial charge in [-0.3, -0.25) is 9.69 Å². The molecule has 40 heavy (non-hydrogen) atoms. The van der Waals surface area contributed by atoms with Gasteiger partial charge in [-0.05, 0) is 76.5 Å². The molecule has 0 fully saturated rings. The Bertz CT molecular complexity index is 1630. The van der Waals surface area contributed by atoms with E-state index in [1.165, 1.54) is 12.1 Å². The largest absolute Gasteiger partial charge is 0.497 e. The molecule has 2 aromatic heterocycles. The topological polar surface area (TPSA) is 98.2 Å². The van der Waals surface area contributed by atoms with Gasteiger partial charge in [0.25, 0.3) is 5.56 Å². The van der Waals surface area contributed by atoms with Crippen molar-refractivity contribution in [3.05, 3.63) is 111 Å². The summed E-state index contributed by atoms with van der Waals surface area (Å²) in [6.45, 7) is 3.32. The van der Waals surface area contributed by atoms with Crippen molar-refractivity contribution in [1.82, 2.24) is 30.1 Å². The van der Waals surface area contributed by atoms with E-state index in [0.29, 0.717) is 43.2 Å². The number of fused-ring (bicyclic) bond motifs is 1. The molecule has 1 N–H and O–H groups in total. The van der Waals surface area contributed by atoms with Crippen LogP contribution in [0.5, 0.6) is 11.5 Å². The monoisotopic (exact) mass is 542 g/mol. The normalized spacial score (nSPS) is 12.1. The summed E-state index contributed by atoms with van der Waals surface area (Å²) in [7, 11) is 3.24. The Hall–Kier alpha value is -4.57. The molecule has 206 valence electrons. The summed E-state index contributed by atoms with van der Waals surface area (Å²) in [6.07, 6.45) is 0.684. The van der Waals surface area contributed by atoms with Crippen molar-refractivity contribution >= 4 is 10.9 Å². The number of H-pyrrole nitrogens is 1. The maximum atomic E-state index is 13.7. The molecule has 0 amide bonds. The molecule has 0 aliphatic heterocycles. The van der Waals surface area contributed by atoms with E-state index in [0.717, 1.165) is 27.8 Å². The first-order valence-corrected chi connectivity index (χ1v) is 13.0. The van der Waals surface area contributed by atoms with Crippen molar-refractivity contribution in [2.24, 2.45) is 0 Å². The van der Waals surface area contributed by atoms with Crippen LogP contribution < -0.4 is 15.0 Å².